The predicted octanol–water partition coefficient (Wildman–Crippen LogP) is 2.55. The van der Waals surface area contributed by atoms with Gasteiger partial charge in [0.15, 0.2) is 0 Å². The minimum Gasteiger partial charge on any atom is -0.481 e. The molecule has 1 fully saturated rings. The molecule has 1 saturated heterocycles. The summed E-state index contributed by atoms with van der Waals surface area (Å²) in [5.41, 5.74) is 0. The Morgan fingerprint density at radius 2 is 2.20 bits per heavy atom. The lowest BCUT2D eigenvalue weighted by Gasteiger charge is -2.31. The molecule has 0 aliphatic carbocycles. The predicted molar refractivity (Wildman–Crippen MR) is 79.4 cm³/mol. The molecule has 5 nitrogen and oxygen atoms in total. The van der Waals surface area contributed by atoms with Crippen LogP contribution in [-0.2, 0) is 11.2 Å². The van der Waals surface area contributed by atoms with Gasteiger partial charge in [-0.25, -0.2) is 9.97 Å². The number of carboxylic acids is 1. The first-order chi connectivity index (χ1) is 9.69. The van der Waals surface area contributed by atoms with Gasteiger partial charge in [-0.05, 0) is 25.3 Å². The molecule has 106 valence electrons. The normalized spacial score (nSPS) is 16.8. The Kier molecular flexibility index (Phi) is 3.56. The summed E-state index contributed by atoms with van der Waals surface area (Å²) in [7, 11) is 0. The van der Waals surface area contributed by atoms with E-state index in [4.69, 9.17) is 5.11 Å². The lowest BCUT2D eigenvalue weighted by Crippen LogP contribution is -2.36. The molecule has 1 aliphatic heterocycles. The van der Waals surface area contributed by atoms with Crippen LogP contribution in [0.5, 0.6) is 0 Å². The minimum absolute atomic E-state index is 0.211. The second kappa shape index (κ2) is 5.36. The van der Waals surface area contributed by atoms with Crippen molar-refractivity contribution in [3.8, 4) is 0 Å². The maximum atomic E-state index is 11.0. The first-order valence-electron chi connectivity index (χ1n) is 6.90. The number of carbonyl (C=O) groups is 1. The van der Waals surface area contributed by atoms with E-state index in [1.807, 2.05) is 0 Å². The van der Waals surface area contributed by atoms with Crippen molar-refractivity contribution in [3.05, 3.63) is 17.3 Å². The third-order valence-corrected chi connectivity index (χ3v) is 5.04. The number of hydrogen-bond donors (Lipinski definition) is 1. The Morgan fingerprint density at radius 3 is 2.85 bits per heavy atom. The van der Waals surface area contributed by atoms with Crippen LogP contribution in [0.2, 0.25) is 0 Å². The highest BCUT2D eigenvalue weighted by Crippen LogP contribution is 2.32. The van der Waals surface area contributed by atoms with E-state index in [-0.39, 0.29) is 5.92 Å². The van der Waals surface area contributed by atoms with Gasteiger partial charge in [0.05, 0.1) is 11.3 Å². The van der Waals surface area contributed by atoms with Gasteiger partial charge in [0.1, 0.15) is 17.0 Å². The summed E-state index contributed by atoms with van der Waals surface area (Å²) < 4.78 is 0. The van der Waals surface area contributed by atoms with Gasteiger partial charge in [-0.15, -0.1) is 11.3 Å². The number of aromatic nitrogens is 2. The van der Waals surface area contributed by atoms with Crippen LogP contribution in [0.4, 0.5) is 5.82 Å². The van der Waals surface area contributed by atoms with E-state index in [1.54, 1.807) is 17.7 Å². The van der Waals surface area contributed by atoms with E-state index in [9.17, 15) is 4.79 Å². The molecule has 3 heterocycles. The van der Waals surface area contributed by atoms with Crippen LogP contribution in [0, 0.1) is 5.92 Å². The Balaban J connectivity index is 1.87. The number of anilines is 1. The first kappa shape index (κ1) is 13.3. The lowest BCUT2D eigenvalue weighted by molar-refractivity contribution is -0.142. The average Bonchev–Trinajstić information content (AvgIpc) is 2.90. The molecule has 0 spiro atoms. The summed E-state index contributed by atoms with van der Waals surface area (Å²) in [4.78, 5) is 24.3. The van der Waals surface area contributed by atoms with Crippen molar-refractivity contribution in [1.82, 2.24) is 9.97 Å². The highest BCUT2D eigenvalue weighted by atomic mass is 32.1. The fourth-order valence-corrected chi connectivity index (χ4v) is 3.59. The minimum atomic E-state index is -0.679. The van der Waals surface area contributed by atoms with Gasteiger partial charge < -0.3 is 10.0 Å². The van der Waals surface area contributed by atoms with E-state index < -0.39 is 5.97 Å². The van der Waals surface area contributed by atoms with Crippen molar-refractivity contribution < 1.29 is 9.90 Å². The summed E-state index contributed by atoms with van der Waals surface area (Å²) in [6, 6.07) is 2.17. The number of hydrogen-bond acceptors (Lipinski definition) is 5. The summed E-state index contributed by atoms with van der Waals surface area (Å²) in [5.74, 6) is 0.0633. The maximum Gasteiger partial charge on any atom is 0.306 e. The smallest absolute Gasteiger partial charge is 0.306 e. The molecule has 0 amide bonds. The van der Waals surface area contributed by atoms with Gasteiger partial charge in [0, 0.05) is 18.0 Å². The van der Waals surface area contributed by atoms with Crippen molar-refractivity contribution in [2.24, 2.45) is 5.92 Å². The van der Waals surface area contributed by atoms with Gasteiger partial charge in [0.25, 0.3) is 0 Å². The fourth-order valence-electron chi connectivity index (χ4n) is 2.66. The van der Waals surface area contributed by atoms with Crippen LogP contribution in [0.3, 0.4) is 0 Å². The number of thiophene rings is 1. The van der Waals surface area contributed by atoms with Crippen molar-refractivity contribution in [2.75, 3.05) is 18.0 Å². The SMILES string of the molecule is CCc1cc2c(N3CCC(C(=O)O)CC3)ncnc2s1. The zero-order chi connectivity index (χ0) is 14.1. The Bertz CT molecular complexity index is 632. The Morgan fingerprint density at radius 1 is 1.45 bits per heavy atom. The number of aryl methyl sites for hydroxylation is 1. The third-order valence-electron chi connectivity index (χ3n) is 3.85. The molecular formula is C14H17N3O2S. The maximum absolute atomic E-state index is 11.0. The van der Waals surface area contributed by atoms with E-state index in [2.05, 4.69) is 27.9 Å². The number of nitrogens with zero attached hydrogens (tertiary/aromatic N) is 3. The van der Waals surface area contributed by atoms with Crippen molar-refractivity contribution in [3.63, 3.8) is 0 Å². The molecule has 1 N–H and O–H groups in total. The standard InChI is InChI=1S/C14H17N3O2S/c1-2-10-7-11-12(15-8-16-13(11)20-10)17-5-3-9(4-6-17)14(18)19/h7-9H,2-6H2,1H3,(H,18,19). The van der Waals surface area contributed by atoms with Gasteiger partial charge in [-0.1, -0.05) is 6.92 Å². The highest BCUT2D eigenvalue weighted by Gasteiger charge is 2.26. The number of aliphatic carboxylic acids is 1. The number of rotatable bonds is 3. The van der Waals surface area contributed by atoms with Gasteiger partial charge >= 0.3 is 5.97 Å². The number of fused-ring (bicyclic) bond motifs is 1. The third kappa shape index (κ3) is 2.35. The van der Waals surface area contributed by atoms with Gasteiger partial charge in [0.2, 0.25) is 0 Å². The largest absolute Gasteiger partial charge is 0.481 e. The zero-order valence-electron chi connectivity index (χ0n) is 11.4. The van der Waals surface area contributed by atoms with Gasteiger partial charge in [-0.2, -0.15) is 0 Å². The molecule has 0 radical (unpaired) electrons. The molecule has 3 rings (SSSR count). The second-order valence-electron chi connectivity index (χ2n) is 5.08. The molecular weight excluding hydrogens is 274 g/mol. The monoisotopic (exact) mass is 291 g/mol. The summed E-state index contributed by atoms with van der Waals surface area (Å²) in [5, 5.41) is 10.2. The molecule has 1 aliphatic rings. The second-order valence-corrected chi connectivity index (χ2v) is 6.20. The average molecular weight is 291 g/mol. The van der Waals surface area contributed by atoms with Gasteiger partial charge in [-0.3, -0.25) is 4.79 Å². The molecule has 0 aromatic carbocycles. The summed E-state index contributed by atoms with van der Waals surface area (Å²) >= 11 is 1.71. The van der Waals surface area contributed by atoms with E-state index in [0.717, 1.165) is 35.5 Å². The molecule has 2 aromatic rings. The molecule has 20 heavy (non-hydrogen) atoms. The topological polar surface area (TPSA) is 66.3 Å². The number of piperidine rings is 1. The van der Waals surface area contributed by atoms with Crippen LogP contribution in [-0.4, -0.2) is 34.1 Å². The quantitative estimate of drug-likeness (QED) is 0.941. The molecule has 0 unspecified atom stereocenters. The number of carboxylic acid groups (broad SMARTS) is 1. The van der Waals surface area contributed by atoms with Crippen LogP contribution >= 0.6 is 11.3 Å². The molecule has 0 saturated carbocycles. The van der Waals surface area contributed by atoms with Crippen molar-refractivity contribution >= 4 is 33.3 Å². The molecule has 0 atom stereocenters. The van der Waals surface area contributed by atoms with Crippen LogP contribution in [0.1, 0.15) is 24.6 Å². The Hall–Kier alpha value is -1.69. The van der Waals surface area contributed by atoms with E-state index in [0.29, 0.717) is 12.8 Å². The first-order valence-corrected chi connectivity index (χ1v) is 7.72. The van der Waals surface area contributed by atoms with E-state index >= 15 is 0 Å². The van der Waals surface area contributed by atoms with Crippen LogP contribution in [0.15, 0.2) is 12.4 Å². The zero-order valence-corrected chi connectivity index (χ0v) is 12.2. The molecule has 2 aromatic heterocycles. The highest BCUT2D eigenvalue weighted by molar-refractivity contribution is 7.18. The van der Waals surface area contributed by atoms with Crippen molar-refractivity contribution in [1.29, 1.82) is 0 Å². The van der Waals surface area contributed by atoms with Crippen LogP contribution < -0.4 is 4.90 Å². The summed E-state index contributed by atoms with van der Waals surface area (Å²) in [6.07, 6.45) is 3.98. The lowest BCUT2D eigenvalue weighted by atomic mass is 9.97. The Labute approximate surface area is 121 Å². The molecule has 6 heteroatoms. The van der Waals surface area contributed by atoms with Crippen LogP contribution in [0.25, 0.3) is 10.2 Å². The molecule has 0 bridgehead atoms. The fraction of sp³-hybridized carbons (Fsp3) is 0.500. The summed E-state index contributed by atoms with van der Waals surface area (Å²) in [6.45, 7) is 3.64. The van der Waals surface area contributed by atoms with E-state index in [1.165, 1.54) is 4.88 Å². The van der Waals surface area contributed by atoms with Crippen molar-refractivity contribution in [2.45, 2.75) is 26.2 Å².